The van der Waals surface area contributed by atoms with Gasteiger partial charge in [-0.05, 0) is 59.3 Å². The minimum Gasteiger partial charge on any atom is -0.361 e. The molecular formula is C15H11FN. The maximum Gasteiger partial charge on any atom is 0.126 e. The van der Waals surface area contributed by atoms with Gasteiger partial charge in [-0.25, -0.2) is 4.39 Å². The van der Waals surface area contributed by atoms with Gasteiger partial charge in [-0.1, -0.05) is 12.1 Å². The number of rotatable bonds is 1. The number of nitrogens with one attached hydrogen (secondary N) is 1. The summed E-state index contributed by atoms with van der Waals surface area (Å²) >= 11 is 0. The van der Waals surface area contributed by atoms with E-state index in [1.54, 1.807) is 12.1 Å². The fourth-order valence-electron chi connectivity index (χ4n) is 1.99. The summed E-state index contributed by atoms with van der Waals surface area (Å²) in [4.78, 5) is 3.15. The Kier molecular flexibility index (Phi) is 2.22. The first-order valence-corrected chi connectivity index (χ1v) is 5.43. The fourth-order valence-corrected chi connectivity index (χ4v) is 1.99. The number of H-pyrrole nitrogens is 1. The molecule has 1 nitrogen and oxygen atoms in total. The molecule has 0 aliphatic rings. The quantitative estimate of drug-likeness (QED) is 0.639. The third kappa shape index (κ3) is 1.72. The summed E-state index contributed by atoms with van der Waals surface area (Å²) in [5.74, 6) is -0.267. The van der Waals surface area contributed by atoms with Gasteiger partial charge in [0.2, 0.25) is 0 Å². The Hall–Kier alpha value is -2.09. The zero-order valence-electron chi connectivity index (χ0n) is 9.20. The first-order chi connectivity index (χ1) is 8.24. The van der Waals surface area contributed by atoms with Gasteiger partial charge in [-0.3, -0.25) is 0 Å². The van der Waals surface area contributed by atoms with Crippen molar-refractivity contribution in [1.29, 1.82) is 0 Å². The first kappa shape index (κ1) is 10.1. The van der Waals surface area contributed by atoms with E-state index >= 15 is 0 Å². The molecule has 0 amide bonds. The molecule has 3 rings (SSSR count). The topological polar surface area (TPSA) is 15.8 Å². The second-order valence-electron chi connectivity index (χ2n) is 4.09. The highest BCUT2D eigenvalue weighted by Crippen LogP contribution is 2.25. The number of benzene rings is 2. The lowest BCUT2D eigenvalue weighted by atomic mass is 10.0. The maximum absolute atomic E-state index is 13.2. The summed E-state index contributed by atoms with van der Waals surface area (Å²) in [6, 6.07) is 13.1. The van der Waals surface area contributed by atoms with E-state index in [1.165, 1.54) is 6.07 Å². The number of aromatic nitrogens is 1. The Bertz CT molecular complexity index is 682. The van der Waals surface area contributed by atoms with E-state index in [4.69, 9.17) is 0 Å². The Morgan fingerprint density at radius 3 is 2.53 bits per heavy atom. The predicted molar refractivity (Wildman–Crippen MR) is 68.2 cm³/mol. The summed E-state index contributed by atoms with van der Waals surface area (Å²) < 4.78 is 13.2. The molecule has 0 unspecified atom stereocenters. The number of hydrogen-bond donors (Lipinski definition) is 1. The second kappa shape index (κ2) is 3.74. The molecule has 2 aromatic carbocycles. The Morgan fingerprint density at radius 2 is 1.71 bits per heavy atom. The van der Waals surface area contributed by atoms with Gasteiger partial charge >= 0.3 is 0 Å². The molecule has 0 bridgehead atoms. The van der Waals surface area contributed by atoms with Crippen LogP contribution in [0, 0.1) is 12.7 Å². The van der Waals surface area contributed by atoms with Crippen molar-refractivity contribution in [3.63, 3.8) is 0 Å². The van der Waals surface area contributed by atoms with Crippen molar-refractivity contribution in [1.82, 2.24) is 4.98 Å². The van der Waals surface area contributed by atoms with Crippen LogP contribution in [0.25, 0.3) is 22.0 Å². The molecule has 0 saturated heterocycles. The van der Waals surface area contributed by atoms with Crippen molar-refractivity contribution >= 4 is 10.9 Å². The molecule has 17 heavy (non-hydrogen) atoms. The van der Waals surface area contributed by atoms with Crippen molar-refractivity contribution in [3.8, 4) is 11.1 Å². The average molecular weight is 224 g/mol. The number of fused-ring (bicyclic) bond motifs is 1. The molecule has 0 aliphatic carbocycles. The molecule has 0 fully saturated rings. The van der Waals surface area contributed by atoms with Gasteiger partial charge in [0.05, 0.1) is 0 Å². The van der Waals surface area contributed by atoms with Crippen LogP contribution in [0.15, 0.2) is 48.7 Å². The van der Waals surface area contributed by atoms with E-state index in [2.05, 4.69) is 18.0 Å². The van der Waals surface area contributed by atoms with Crippen LogP contribution in [-0.2, 0) is 0 Å². The molecule has 1 radical (unpaired) electrons. The molecule has 0 saturated carbocycles. The van der Waals surface area contributed by atoms with E-state index < -0.39 is 0 Å². The van der Waals surface area contributed by atoms with Crippen LogP contribution in [0.3, 0.4) is 0 Å². The number of hydrogen-bond acceptors (Lipinski definition) is 0. The molecular weight excluding hydrogens is 213 g/mol. The van der Waals surface area contributed by atoms with Crippen LogP contribution in [0.5, 0.6) is 0 Å². The summed E-state index contributed by atoms with van der Waals surface area (Å²) in [5, 5.41) is 1.15. The molecule has 3 aromatic rings. The minimum atomic E-state index is -0.267. The highest BCUT2D eigenvalue weighted by atomic mass is 19.1. The van der Waals surface area contributed by atoms with Gasteiger partial charge in [0, 0.05) is 11.7 Å². The third-order valence-electron chi connectivity index (χ3n) is 2.93. The third-order valence-corrected chi connectivity index (χ3v) is 2.93. The van der Waals surface area contributed by atoms with Gasteiger partial charge in [0.15, 0.2) is 0 Å². The van der Waals surface area contributed by atoms with Gasteiger partial charge < -0.3 is 4.98 Å². The maximum atomic E-state index is 13.2. The normalized spacial score (nSPS) is 10.9. The Balaban J connectivity index is 2.16. The first-order valence-electron chi connectivity index (χ1n) is 5.43. The Labute approximate surface area is 98.9 Å². The number of aromatic amines is 1. The monoisotopic (exact) mass is 224 g/mol. The smallest absolute Gasteiger partial charge is 0.126 e. The molecule has 1 N–H and O–H groups in total. The zero-order valence-corrected chi connectivity index (χ0v) is 9.20. The molecule has 0 aliphatic heterocycles. The van der Waals surface area contributed by atoms with Gasteiger partial charge in [-0.2, -0.15) is 0 Å². The summed E-state index contributed by atoms with van der Waals surface area (Å²) in [6.45, 7) is 3.68. The lowest BCUT2D eigenvalue weighted by molar-refractivity contribution is 0.623. The van der Waals surface area contributed by atoms with E-state index in [1.807, 2.05) is 24.4 Å². The summed E-state index contributed by atoms with van der Waals surface area (Å²) in [7, 11) is 0. The molecule has 0 spiro atoms. The highest BCUT2D eigenvalue weighted by molar-refractivity contribution is 5.85. The van der Waals surface area contributed by atoms with Crippen LogP contribution in [-0.4, -0.2) is 4.98 Å². The molecule has 2 heteroatoms. The predicted octanol–water partition coefficient (Wildman–Crippen LogP) is 4.16. The largest absolute Gasteiger partial charge is 0.361 e. The van der Waals surface area contributed by atoms with E-state index in [0.29, 0.717) is 5.56 Å². The van der Waals surface area contributed by atoms with Crippen LogP contribution in [0.1, 0.15) is 5.56 Å². The molecule has 1 aromatic heterocycles. The second-order valence-corrected chi connectivity index (χ2v) is 4.09. The summed E-state index contributed by atoms with van der Waals surface area (Å²) in [5.41, 5.74) is 3.59. The Morgan fingerprint density at radius 1 is 0.941 bits per heavy atom. The SMILES string of the molecule is [CH2]c1cc(-c2ccc3[nH]ccc3c2)ccc1F. The zero-order chi connectivity index (χ0) is 11.8. The van der Waals surface area contributed by atoms with Crippen LogP contribution < -0.4 is 0 Å². The lowest BCUT2D eigenvalue weighted by Gasteiger charge is -2.04. The van der Waals surface area contributed by atoms with Gasteiger partial charge in [0.25, 0.3) is 0 Å². The number of halogens is 1. The molecule has 0 atom stereocenters. The minimum absolute atomic E-state index is 0.267. The van der Waals surface area contributed by atoms with Crippen LogP contribution in [0.2, 0.25) is 0 Å². The van der Waals surface area contributed by atoms with E-state index in [9.17, 15) is 4.39 Å². The average Bonchev–Trinajstić information content (AvgIpc) is 2.79. The van der Waals surface area contributed by atoms with Gasteiger partial charge in [-0.15, -0.1) is 0 Å². The van der Waals surface area contributed by atoms with E-state index in [0.717, 1.165) is 22.0 Å². The van der Waals surface area contributed by atoms with Crippen molar-refractivity contribution in [2.24, 2.45) is 0 Å². The lowest BCUT2D eigenvalue weighted by Crippen LogP contribution is -1.84. The summed E-state index contributed by atoms with van der Waals surface area (Å²) in [6.07, 6.45) is 1.91. The van der Waals surface area contributed by atoms with E-state index in [-0.39, 0.29) is 5.82 Å². The highest BCUT2D eigenvalue weighted by Gasteiger charge is 2.03. The molecule has 83 valence electrons. The van der Waals surface area contributed by atoms with Crippen molar-refractivity contribution in [2.45, 2.75) is 0 Å². The standard InChI is InChI=1S/C15H11FN/c1-10-8-11(2-4-14(10)16)12-3-5-15-13(9-12)6-7-17-15/h2-9,17H,1H2. The van der Waals surface area contributed by atoms with Crippen LogP contribution in [0.4, 0.5) is 4.39 Å². The fraction of sp³-hybridized carbons (Fsp3) is 0. The van der Waals surface area contributed by atoms with Crippen molar-refractivity contribution in [3.05, 3.63) is 67.0 Å². The van der Waals surface area contributed by atoms with Crippen molar-refractivity contribution in [2.75, 3.05) is 0 Å². The van der Waals surface area contributed by atoms with Crippen molar-refractivity contribution < 1.29 is 4.39 Å². The molecule has 1 heterocycles. The van der Waals surface area contributed by atoms with Crippen LogP contribution >= 0.6 is 0 Å². The van der Waals surface area contributed by atoms with Gasteiger partial charge in [0.1, 0.15) is 5.82 Å².